The van der Waals surface area contributed by atoms with Gasteiger partial charge in [0.25, 0.3) is 0 Å². The number of furan rings is 1. The summed E-state index contributed by atoms with van der Waals surface area (Å²) in [5.41, 5.74) is 3.56. The fourth-order valence-electron chi connectivity index (χ4n) is 2.04. The third kappa shape index (κ3) is 2.34. The predicted octanol–water partition coefficient (Wildman–Crippen LogP) is 2.91. The zero-order valence-electron chi connectivity index (χ0n) is 10.4. The lowest BCUT2D eigenvalue weighted by molar-refractivity contribution is 0.414. The van der Waals surface area contributed by atoms with Crippen LogP contribution in [-0.2, 0) is 0 Å². The van der Waals surface area contributed by atoms with Crippen LogP contribution in [0.5, 0.6) is 5.75 Å². The van der Waals surface area contributed by atoms with Crippen molar-refractivity contribution in [3.8, 4) is 5.75 Å². The van der Waals surface area contributed by atoms with Gasteiger partial charge in [0.05, 0.1) is 25.7 Å². The van der Waals surface area contributed by atoms with Gasteiger partial charge in [-0.3, -0.25) is 0 Å². The predicted molar refractivity (Wildman–Crippen MR) is 67.3 cm³/mol. The summed E-state index contributed by atoms with van der Waals surface area (Å²) in [5.74, 6) is 0.883. The molecule has 0 aliphatic heterocycles. The lowest BCUT2D eigenvalue weighted by Crippen LogP contribution is -2.18. The Morgan fingerprint density at radius 3 is 2.65 bits per heavy atom. The van der Waals surface area contributed by atoms with Crippen LogP contribution >= 0.6 is 0 Å². The number of aryl methyl sites for hydroxylation is 1. The maximum absolute atomic E-state index is 5.22. The second-order valence-electron chi connectivity index (χ2n) is 4.00. The van der Waals surface area contributed by atoms with Crippen LogP contribution in [0.3, 0.4) is 0 Å². The molecule has 0 spiro atoms. The highest BCUT2D eigenvalue weighted by molar-refractivity contribution is 5.40. The first-order valence-corrected chi connectivity index (χ1v) is 5.60. The average molecular weight is 231 g/mol. The Morgan fingerprint density at radius 1 is 1.29 bits per heavy atom. The Kier molecular flexibility index (Phi) is 3.49. The maximum atomic E-state index is 5.22. The van der Waals surface area contributed by atoms with Crippen LogP contribution < -0.4 is 10.1 Å². The van der Waals surface area contributed by atoms with Gasteiger partial charge < -0.3 is 14.5 Å². The summed E-state index contributed by atoms with van der Waals surface area (Å²) >= 11 is 0. The van der Waals surface area contributed by atoms with E-state index in [1.165, 1.54) is 11.1 Å². The highest BCUT2D eigenvalue weighted by atomic mass is 16.5. The van der Waals surface area contributed by atoms with E-state index in [0.717, 1.165) is 11.3 Å². The van der Waals surface area contributed by atoms with Gasteiger partial charge in [0.15, 0.2) is 0 Å². The summed E-state index contributed by atoms with van der Waals surface area (Å²) in [4.78, 5) is 0. The van der Waals surface area contributed by atoms with E-state index in [1.807, 2.05) is 25.2 Å². The molecule has 0 radical (unpaired) electrons. The number of nitrogens with one attached hydrogen (secondary N) is 1. The smallest absolute Gasteiger partial charge is 0.119 e. The minimum absolute atomic E-state index is 0.152. The molecule has 2 rings (SSSR count). The van der Waals surface area contributed by atoms with Gasteiger partial charge in [0.1, 0.15) is 5.75 Å². The highest BCUT2D eigenvalue weighted by Crippen LogP contribution is 2.27. The van der Waals surface area contributed by atoms with E-state index in [-0.39, 0.29) is 6.04 Å². The fraction of sp³-hybridized carbons (Fsp3) is 0.286. The molecule has 0 amide bonds. The zero-order chi connectivity index (χ0) is 12.3. The Morgan fingerprint density at radius 2 is 2.12 bits per heavy atom. The van der Waals surface area contributed by atoms with Crippen LogP contribution in [0.25, 0.3) is 0 Å². The molecular formula is C14H17NO2. The van der Waals surface area contributed by atoms with E-state index in [0.29, 0.717) is 0 Å². The quantitative estimate of drug-likeness (QED) is 0.878. The lowest BCUT2D eigenvalue weighted by atomic mass is 9.97. The van der Waals surface area contributed by atoms with Crippen molar-refractivity contribution >= 4 is 0 Å². The van der Waals surface area contributed by atoms with E-state index in [1.54, 1.807) is 19.6 Å². The lowest BCUT2D eigenvalue weighted by Gasteiger charge is -2.18. The van der Waals surface area contributed by atoms with Crippen molar-refractivity contribution in [3.05, 3.63) is 53.5 Å². The molecule has 1 unspecified atom stereocenters. The molecule has 1 atom stereocenters. The van der Waals surface area contributed by atoms with Gasteiger partial charge in [0, 0.05) is 5.56 Å². The van der Waals surface area contributed by atoms with Crippen molar-refractivity contribution in [1.29, 1.82) is 0 Å². The monoisotopic (exact) mass is 231 g/mol. The number of hydrogen-bond acceptors (Lipinski definition) is 3. The summed E-state index contributed by atoms with van der Waals surface area (Å²) in [6.45, 7) is 2.09. The van der Waals surface area contributed by atoms with E-state index in [9.17, 15) is 0 Å². The van der Waals surface area contributed by atoms with Crippen molar-refractivity contribution in [2.24, 2.45) is 0 Å². The van der Waals surface area contributed by atoms with E-state index in [2.05, 4.69) is 18.3 Å². The maximum Gasteiger partial charge on any atom is 0.119 e. The van der Waals surface area contributed by atoms with E-state index < -0.39 is 0 Å². The Balaban J connectivity index is 2.38. The summed E-state index contributed by atoms with van der Waals surface area (Å²) in [6, 6.07) is 8.24. The average Bonchev–Trinajstić information content (AvgIpc) is 2.85. The first-order valence-electron chi connectivity index (χ1n) is 5.60. The molecule has 3 heteroatoms. The van der Waals surface area contributed by atoms with Gasteiger partial charge in [-0.05, 0) is 43.3 Å². The molecule has 1 heterocycles. The first kappa shape index (κ1) is 11.7. The fourth-order valence-corrected chi connectivity index (χ4v) is 2.04. The second-order valence-corrected chi connectivity index (χ2v) is 4.00. The SMILES string of the molecule is CNC(c1ccoc1)c1ccc(OC)cc1C. The summed E-state index contributed by atoms with van der Waals surface area (Å²) < 4.78 is 10.4. The molecule has 17 heavy (non-hydrogen) atoms. The number of benzene rings is 1. The van der Waals surface area contributed by atoms with Crippen molar-refractivity contribution in [1.82, 2.24) is 5.32 Å². The third-order valence-corrected chi connectivity index (χ3v) is 2.95. The summed E-state index contributed by atoms with van der Waals surface area (Å²) in [5, 5.41) is 3.30. The van der Waals surface area contributed by atoms with Gasteiger partial charge in [-0.1, -0.05) is 6.07 Å². The number of rotatable bonds is 4. The standard InChI is InChI=1S/C14H17NO2/c1-10-8-12(16-3)4-5-13(10)14(15-2)11-6-7-17-9-11/h4-9,14-15H,1-3H3. The molecule has 0 aliphatic rings. The van der Waals surface area contributed by atoms with Crippen molar-refractivity contribution in [3.63, 3.8) is 0 Å². The normalized spacial score (nSPS) is 12.4. The van der Waals surface area contributed by atoms with Crippen LogP contribution in [0.4, 0.5) is 0 Å². The molecule has 1 aromatic heterocycles. The molecule has 2 aromatic rings. The van der Waals surface area contributed by atoms with Crippen LogP contribution in [0, 0.1) is 6.92 Å². The molecule has 1 N–H and O–H groups in total. The first-order chi connectivity index (χ1) is 8.26. The van der Waals surface area contributed by atoms with Gasteiger partial charge in [-0.2, -0.15) is 0 Å². The summed E-state index contributed by atoms with van der Waals surface area (Å²) in [6.07, 6.45) is 3.46. The molecule has 3 nitrogen and oxygen atoms in total. The van der Waals surface area contributed by atoms with Crippen LogP contribution in [0.1, 0.15) is 22.7 Å². The topological polar surface area (TPSA) is 34.4 Å². The van der Waals surface area contributed by atoms with Crippen LogP contribution in [0.2, 0.25) is 0 Å². The Hall–Kier alpha value is -1.74. The van der Waals surface area contributed by atoms with Gasteiger partial charge in [-0.25, -0.2) is 0 Å². The van der Waals surface area contributed by atoms with Gasteiger partial charge in [0.2, 0.25) is 0 Å². The molecule has 0 aliphatic carbocycles. The number of ether oxygens (including phenoxy) is 1. The minimum Gasteiger partial charge on any atom is -0.497 e. The molecule has 0 saturated heterocycles. The second kappa shape index (κ2) is 5.06. The Bertz CT molecular complexity index is 477. The number of methoxy groups -OCH3 is 1. The molecule has 0 saturated carbocycles. The van der Waals surface area contributed by atoms with Crippen molar-refractivity contribution in [2.75, 3.05) is 14.2 Å². The molecule has 90 valence electrons. The van der Waals surface area contributed by atoms with Gasteiger partial charge in [-0.15, -0.1) is 0 Å². The van der Waals surface area contributed by atoms with E-state index in [4.69, 9.17) is 9.15 Å². The molecular weight excluding hydrogens is 214 g/mol. The highest BCUT2D eigenvalue weighted by Gasteiger charge is 2.15. The Labute approximate surface area is 101 Å². The summed E-state index contributed by atoms with van der Waals surface area (Å²) in [7, 11) is 3.63. The largest absolute Gasteiger partial charge is 0.497 e. The minimum atomic E-state index is 0.152. The van der Waals surface area contributed by atoms with Crippen LogP contribution in [-0.4, -0.2) is 14.2 Å². The molecule has 0 fully saturated rings. The van der Waals surface area contributed by atoms with E-state index >= 15 is 0 Å². The molecule has 0 bridgehead atoms. The zero-order valence-corrected chi connectivity index (χ0v) is 10.4. The van der Waals surface area contributed by atoms with Crippen molar-refractivity contribution < 1.29 is 9.15 Å². The molecule has 1 aromatic carbocycles. The van der Waals surface area contributed by atoms with Crippen LogP contribution in [0.15, 0.2) is 41.2 Å². The third-order valence-electron chi connectivity index (χ3n) is 2.95. The van der Waals surface area contributed by atoms with Crippen molar-refractivity contribution in [2.45, 2.75) is 13.0 Å². The number of hydrogen-bond donors (Lipinski definition) is 1. The van der Waals surface area contributed by atoms with Gasteiger partial charge >= 0.3 is 0 Å².